The van der Waals surface area contributed by atoms with Gasteiger partial charge in [0.25, 0.3) is 0 Å². The van der Waals surface area contributed by atoms with Crippen LogP contribution in [0, 0.1) is 0 Å². The van der Waals surface area contributed by atoms with E-state index in [1.54, 1.807) is 0 Å². The molecule has 1 fully saturated rings. The second kappa shape index (κ2) is 5.26. The molecular formula is C10H13ClFN3O5. The lowest BCUT2D eigenvalue weighted by Crippen LogP contribution is -2.48. The Bertz CT molecular complexity index is 564. The first-order valence-corrected chi connectivity index (χ1v) is 5.99. The molecule has 5 N–H and O–H groups in total. The van der Waals surface area contributed by atoms with Gasteiger partial charge >= 0.3 is 5.69 Å². The topological polar surface area (TPSA) is 131 Å². The van der Waals surface area contributed by atoms with Crippen molar-refractivity contribution in [3.63, 3.8) is 0 Å². The van der Waals surface area contributed by atoms with Gasteiger partial charge in [-0.3, -0.25) is 4.57 Å². The standard InChI is InChI=1S/C10H13ClFN3O5/c11-4-1-15(9(19)14-7(4)13)8-5(17)6(18)10(2-12,3-16)20-8/h1,5-6,8,16-18H,2-3H2,(H2,13,14,19)/t5-,6+,8-,10-/m1/s1. The molecule has 1 aromatic rings. The third kappa shape index (κ3) is 2.17. The molecule has 0 amide bonds. The fourth-order valence-electron chi connectivity index (χ4n) is 1.99. The molecule has 0 aromatic carbocycles. The van der Waals surface area contributed by atoms with E-state index >= 15 is 0 Å². The molecule has 1 aliphatic heterocycles. The van der Waals surface area contributed by atoms with Crippen molar-refractivity contribution in [2.45, 2.75) is 24.0 Å². The largest absolute Gasteiger partial charge is 0.393 e. The first kappa shape index (κ1) is 15.1. The zero-order valence-electron chi connectivity index (χ0n) is 10.1. The summed E-state index contributed by atoms with van der Waals surface area (Å²) in [7, 11) is 0. The van der Waals surface area contributed by atoms with Crippen molar-refractivity contribution >= 4 is 17.4 Å². The molecule has 0 bridgehead atoms. The smallest absolute Gasteiger partial charge is 0.351 e. The number of alkyl halides is 1. The zero-order chi connectivity index (χ0) is 15.1. The molecule has 2 heterocycles. The lowest BCUT2D eigenvalue weighted by molar-refractivity contribution is -0.138. The number of hydrogen-bond acceptors (Lipinski definition) is 7. The molecule has 10 heteroatoms. The summed E-state index contributed by atoms with van der Waals surface area (Å²) < 4.78 is 18.9. The number of aliphatic hydroxyl groups excluding tert-OH is 3. The van der Waals surface area contributed by atoms with Crippen LogP contribution in [0.25, 0.3) is 0 Å². The van der Waals surface area contributed by atoms with E-state index in [0.29, 0.717) is 0 Å². The van der Waals surface area contributed by atoms with Crippen molar-refractivity contribution in [1.82, 2.24) is 9.55 Å². The van der Waals surface area contributed by atoms with Crippen LogP contribution < -0.4 is 11.4 Å². The minimum absolute atomic E-state index is 0.0726. The maximum atomic E-state index is 13.0. The van der Waals surface area contributed by atoms with Gasteiger partial charge in [0.05, 0.1) is 11.6 Å². The fourth-order valence-corrected chi connectivity index (χ4v) is 2.14. The molecule has 2 rings (SSSR count). The molecule has 0 radical (unpaired) electrons. The van der Waals surface area contributed by atoms with Gasteiger partial charge < -0.3 is 25.8 Å². The minimum atomic E-state index is -2.00. The van der Waals surface area contributed by atoms with Gasteiger partial charge in [0.1, 0.15) is 24.7 Å². The van der Waals surface area contributed by atoms with Crippen molar-refractivity contribution in [3.8, 4) is 0 Å². The van der Waals surface area contributed by atoms with E-state index < -0.39 is 43.0 Å². The monoisotopic (exact) mass is 309 g/mol. The van der Waals surface area contributed by atoms with Crippen LogP contribution in [0.15, 0.2) is 11.0 Å². The van der Waals surface area contributed by atoms with Crippen molar-refractivity contribution in [2.24, 2.45) is 0 Å². The molecule has 1 saturated heterocycles. The maximum absolute atomic E-state index is 13.0. The third-order valence-corrected chi connectivity index (χ3v) is 3.50. The highest BCUT2D eigenvalue weighted by atomic mass is 35.5. The predicted molar refractivity (Wildman–Crippen MR) is 65.8 cm³/mol. The molecule has 1 aliphatic rings. The number of nitrogens with two attached hydrogens (primary N) is 1. The summed E-state index contributed by atoms with van der Waals surface area (Å²) in [5.41, 5.74) is 2.45. The van der Waals surface area contributed by atoms with Crippen LogP contribution in [0.1, 0.15) is 6.23 Å². The summed E-state index contributed by atoms with van der Waals surface area (Å²) >= 11 is 5.72. The number of hydrogen-bond donors (Lipinski definition) is 4. The Morgan fingerprint density at radius 3 is 2.75 bits per heavy atom. The van der Waals surface area contributed by atoms with Crippen LogP contribution in [-0.4, -0.2) is 56.0 Å². The third-order valence-electron chi connectivity index (χ3n) is 3.21. The highest BCUT2D eigenvalue weighted by Crippen LogP contribution is 2.37. The van der Waals surface area contributed by atoms with Crippen LogP contribution >= 0.6 is 11.6 Å². The van der Waals surface area contributed by atoms with E-state index in [1.165, 1.54) is 0 Å². The lowest BCUT2D eigenvalue weighted by Gasteiger charge is -2.26. The highest BCUT2D eigenvalue weighted by Gasteiger charge is 2.55. The van der Waals surface area contributed by atoms with E-state index in [9.17, 15) is 19.4 Å². The van der Waals surface area contributed by atoms with Crippen LogP contribution in [0.3, 0.4) is 0 Å². The van der Waals surface area contributed by atoms with Crippen LogP contribution in [0.5, 0.6) is 0 Å². The summed E-state index contributed by atoms with van der Waals surface area (Å²) in [6.07, 6.45) is -3.74. The molecule has 20 heavy (non-hydrogen) atoms. The summed E-state index contributed by atoms with van der Waals surface area (Å²) in [6, 6.07) is 0. The fraction of sp³-hybridized carbons (Fsp3) is 0.600. The molecule has 0 spiro atoms. The average molecular weight is 310 g/mol. The second-order valence-corrected chi connectivity index (χ2v) is 4.87. The first-order chi connectivity index (χ1) is 9.36. The Kier molecular flexibility index (Phi) is 3.98. The molecular weight excluding hydrogens is 297 g/mol. The Morgan fingerprint density at radius 1 is 1.60 bits per heavy atom. The molecule has 0 unspecified atom stereocenters. The van der Waals surface area contributed by atoms with Crippen LogP contribution in [-0.2, 0) is 4.74 Å². The van der Waals surface area contributed by atoms with Crippen molar-refractivity contribution in [2.75, 3.05) is 19.0 Å². The summed E-state index contributed by atoms with van der Waals surface area (Å²) in [5, 5.41) is 28.7. The molecule has 4 atom stereocenters. The Hall–Kier alpha value is -1.26. The van der Waals surface area contributed by atoms with E-state index in [4.69, 9.17) is 27.2 Å². The van der Waals surface area contributed by atoms with E-state index in [-0.39, 0.29) is 10.8 Å². The van der Waals surface area contributed by atoms with Gasteiger partial charge in [-0.05, 0) is 0 Å². The van der Waals surface area contributed by atoms with E-state index in [1.807, 2.05) is 0 Å². The second-order valence-electron chi connectivity index (χ2n) is 4.46. The summed E-state index contributed by atoms with van der Waals surface area (Å²) in [6.45, 7) is -2.12. The zero-order valence-corrected chi connectivity index (χ0v) is 10.9. The van der Waals surface area contributed by atoms with E-state index in [0.717, 1.165) is 10.8 Å². The van der Waals surface area contributed by atoms with Gasteiger partial charge in [0.2, 0.25) is 0 Å². The van der Waals surface area contributed by atoms with Crippen molar-refractivity contribution < 1.29 is 24.4 Å². The molecule has 0 saturated carbocycles. The van der Waals surface area contributed by atoms with Gasteiger partial charge in [-0.2, -0.15) is 4.98 Å². The number of nitrogens with zero attached hydrogens (tertiary/aromatic N) is 2. The van der Waals surface area contributed by atoms with Gasteiger partial charge in [-0.25, -0.2) is 9.18 Å². The van der Waals surface area contributed by atoms with Gasteiger partial charge in [0.15, 0.2) is 11.8 Å². The predicted octanol–water partition coefficient (Wildman–Crippen LogP) is -1.57. The molecule has 0 aliphatic carbocycles. The van der Waals surface area contributed by atoms with Crippen LogP contribution in [0.4, 0.5) is 10.2 Å². The van der Waals surface area contributed by atoms with Crippen molar-refractivity contribution in [3.05, 3.63) is 21.7 Å². The number of rotatable bonds is 3. The van der Waals surface area contributed by atoms with Gasteiger partial charge in [-0.15, -0.1) is 0 Å². The molecule has 112 valence electrons. The number of halogens is 2. The van der Waals surface area contributed by atoms with E-state index in [2.05, 4.69) is 4.98 Å². The van der Waals surface area contributed by atoms with Crippen LogP contribution in [0.2, 0.25) is 5.02 Å². The number of aliphatic hydroxyl groups is 3. The maximum Gasteiger partial charge on any atom is 0.351 e. The normalized spacial score (nSPS) is 33.5. The molecule has 1 aromatic heterocycles. The number of anilines is 1. The highest BCUT2D eigenvalue weighted by molar-refractivity contribution is 6.32. The molecule has 8 nitrogen and oxygen atoms in total. The number of nitrogen functional groups attached to an aromatic ring is 1. The first-order valence-electron chi connectivity index (χ1n) is 5.61. The lowest BCUT2D eigenvalue weighted by atomic mass is 9.98. The Labute approximate surface area is 117 Å². The summed E-state index contributed by atoms with van der Waals surface area (Å²) in [4.78, 5) is 15.1. The van der Waals surface area contributed by atoms with Gasteiger partial charge in [-0.1, -0.05) is 11.6 Å². The SMILES string of the molecule is Nc1nc(=O)n([C@@H]2O[C@@](CO)(CF)[C@@H](O)[C@H]2O)cc1Cl. The minimum Gasteiger partial charge on any atom is -0.393 e. The summed E-state index contributed by atoms with van der Waals surface area (Å²) in [5.74, 6) is -0.208. The Balaban J connectivity index is 2.45. The van der Waals surface area contributed by atoms with Gasteiger partial charge in [0, 0.05) is 6.20 Å². The number of ether oxygens (including phenoxy) is 1. The average Bonchev–Trinajstić information content (AvgIpc) is 2.68. The Morgan fingerprint density at radius 2 is 2.25 bits per heavy atom. The quantitative estimate of drug-likeness (QED) is 0.530. The number of aromatic nitrogens is 2. The van der Waals surface area contributed by atoms with Crippen molar-refractivity contribution in [1.29, 1.82) is 0 Å².